The Morgan fingerprint density at radius 1 is 0.482 bits per heavy atom. The van der Waals surface area contributed by atoms with Crippen molar-refractivity contribution in [1.29, 1.82) is 0 Å². The van der Waals surface area contributed by atoms with Gasteiger partial charge in [-0.2, -0.15) is 0 Å². The molecule has 2 nitrogen and oxygen atoms in total. The van der Waals surface area contributed by atoms with Crippen molar-refractivity contribution in [3.63, 3.8) is 0 Å². The molecule has 0 amide bonds. The van der Waals surface area contributed by atoms with Gasteiger partial charge in [0.1, 0.15) is 0 Å². The first-order chi connectivity index (χ1) is 26.5. The second-order valence-corrected chi connectivity index (χ2v) is 19.0. The molecule has 0 fully saturated rings. The number of nitrogens with zero attached hydrogens (tertiary/aromatic N) is 2. The van der Waals surface area contributed by atoms with E-state index >= 15 is 0 Å². The molecular weight excluding hydrogens is 677 g/mol. The molecule has 56 heavy (non-hydrogen) atoms. The predicted molar refractivity (Wildman–Crippen MR) is 242 cm³/mol. The highest BCUT2D eigenvalue weighted by atomic mass is 15.1. The maximum absolute atomic E-state index is 2.55. The molecule has 0 aliphatic heterocycles. The molecule has 1 aliphatic rings. The Morgan fingerprint density at radius 2 is 1.04 bits per heavy atom. The van der Waals surface area contributed by atoms with Gasteiger partial charge in [-0.05, 0) is 148 Å². The first-order valence-corrected chi connectivity index (χ1v) is 20.3. The van der Waals surface area contributed by atoms with Crippen LogP contribution < -0.4 is 4.90 Å². The summed E-state index contributed by atoms with van der Waals surface area (Å²) in [4.78, 5) is 2.42. The van der Waals surface area contributed by atoms with Crippen LogP contribution in [0.5, 0.6) is 0 Å². The van der Waals surface area contributed by atoms with Gasteiger partial charge in [-0.25, -0.2) is 0 Å². The Hall–Kier alpha value is -5.60. The van der Waals surface area contributed by atoms with Gasteiger partial charge in [0.25, 0.3) is 0 Å². The van der Waals surface area contributed by atoms with Gasteiger partial charge < -0.3 is 9.47 Å². The zero-order valence-corrected chi connectivity index (χ0v) is 35.0. The summed E-state index contributed by atoms with van der Waals surface area (Å²) < 4.78 is 2.55. The zero-order chi connectivity index (χ0) is 39.5. The first kappa shape index (κ1) is 36.1. The van der Waals surface area contributed by atoms with Crippen LogP contribution in [0.2, 0.25) is 0 Å². The second kappa shape index (κ2) is 12.5. The number of rotatable bonds is 4. The Bertz CT molecular complexity index is 2800. The van der Waals surface area contributed by atoms with E-state index in [0.717, 1.165) is 5.69 Å². The maximum Gasteiger partial charge on any atom is 0.0544 e. The average Bonchev–Trinajstić information content (AvgIpc) is 3.60. The minimum absolute atomic E-state index is 0.0481. The van der Waals surface area contributed by atoms with Crippen molar-refractivity contribution in [1.82, 2.24) is 4.57 Å². The molecule has 0 saturated heterocycles. The fourth-order valence-electron chi connectivity index (χ4n) is 9.10. The molecule has 0 spiro atoms. The number of fused-ring (bicyclic) bond motifs is 8. The number of hydrogen-bond acceptors (Lipinski definition) is 1. The van der Waals surface area contributed by atoms with E-state index in [-0.39, 0.29) is 16.2 Å². The highest BCUT2D eigenvalue weighted by Gasteiger charge is 2.38. The number of aromatic nitrogens is 1. The molecule has 9 rings (SSSR count). The molecule has 0 N–H and O–H groups in total. The first-order valence-electron chi connectivity index (χ1n) is 20.3. The van der Waals surface area contributed by atoms with Crippen LogP contribution in [-0.4, -0.2) is 4.57 Å². The zero-order valence-electron chi connectivity index (χ0n) is 35.0. The summed E-state index contributed by atoms with van der Waals surface area (Å²) in [6.07, 6.45) is 0. The van der Waals surface area contributed by atoms with E-state index in [9.17, 15) is 0 Å². The van der Waals surface area contributed by atoms with Gasteiger partial charge in [-0.1, -0.05) is 122 Å². The molecule has 0 unspecified atom stereocenters. The lowest BCUT2D eigenvalue weighted by atomic mass is 9.81. The minimum atomic E-state index is -0.237. The third kappa shape index (κ3) is 5.60. The van der Waals surface area contributed by atoms with Gasteiger partial charge in [0.15, 0.2) is 0 Å². The predicted octanol–water partition coefficient (Wildman–Crippen LogP) is 15.2. The lowest BCUT2D eigenvalue weighted by molar-refractivity contribution is 0.590. The van der Waals surface area contributed by atoms with Crippen LogP contribution in [0.25, 0.3) is 49.4 Å². The summed E-state index contributed by atoms with van der Waals surface area (Å²) in [6.45, 7) is 25.3. The number of hydrogen-bond donors (Lipinski definition) is 0. The van der Waals surface area contributed by atoms with Crippen LogP contribution in [0.4, 0.5) is 17.1 Å². The molecule has 1 aliphatic carbocycles. The van der Waals surface area contributed by atoms with Crippen LogP contribution >= 0.6 is 0 Å². The van der Waals surface area contributed by atoms with E-state index in [2.05, 4.69) is 213 Å². The highest BCUT2D eigenvalue weighted by molar-refractivity contribution is 6.13. The van der Waals surface area contributed by atoms with Crippen LogP contribution in [0.3, 0.4) is 0 Å². The monoisotopic (exact) mass is 730 g/mol. The van der Waals surface area contributed by atoms with E-state index in [1.807, 2.05) is 0 Å². The third-order valence-corrected chi connectivity index (χ3v) is 12.7. The molecule has 0 bridgehead atoms. The number of benzene rings is 7. The van der Waals surface area contributed by atoms with Gasteiger partial charge in [-0.3, -0.25) is 0 Å². The standard InChI is InChI=1S/C54H54N2/c1-33-16-21-38(22-17-33)55(39-23-18-34(2)35(3)28-39)40-24-25-43-46(31-40)54(10,11)47-32-50(41-14-12-13-15-42(41)51(43)47)56-48-26-19-36(52(4,5)6)29-44(48)45-30-37(53(7,8)9)20-27-49(45)56/h12-32H,1-11H3. The van der Waals surface area contributed by atoms with Crippen molar-refractivity contribution in [3.8, 4) is 16.8 Å². The van der Waals surface area contributed by atoms with E-state index < -0.39 is 0 Å². The quantitative estimate of drug-likeness (QED) is 0.175. The molecule has 2 heteroatoms. The van der Waals surface area contributed by atoms with Crippen LogP contribution in [-0.2, 0) is 16.2 Å². The number of aryl methyl sites for hydroxylation is 3. The van der Waals surface area contributed by atoms with Crippen LogP contribution in [0, 0.1) is 20.8 Å². The molecular formula is C54H54N2. The van der Waals surface area contributed by atoms with Crippen molar-refractivity contribution < 1.29 is 0 Å². The molecule has 0 saturated carbocycles. The summed E-state index contributed by atoms with van der Waals surface area (Å²) in [5.74, 6) is 0. The normalized spacial score (nSPS) is 13.8. The molecule has 1 aromatic heterocycles. The molecule has 8 aromatic rings. The summed E-state index contributed by atoms with van der Waals surface area (Å²) in [6, 6.07) is 48.8. The maximum atomic E-state index is 2.55. The second-order valence-electron chi connectivity index (χ2n) is 19.0. The van der Waals surface area contributed by atoms with Crippen molar-refractivity contribution in [2.75, 3.05) is 4.90 Å². The van der Waals surface area contributed by atoms with Crippen LogP contribution in [0.1, 0.15) is 94.3 Å². The summed E-state index contributed by atoms with van der Waals surface area (Å²) in [5.41, 5.74) is 19.1. The van der Waals surface area contributed by atoms with Gasteiger partial charge in [0.2, 0.25) is 0 Å². The molecule has 7 aromatic carbocycles. The van der Waals surface area contributed by atoms with Gasteiger partial charge >= 0.3 is 0 Å². The highest BCUT2D eigenvalue weighted by Crippen LogP contribution is 2.54. The van der Waals surface area contributed by atoms with Crippen molar-refractivity contribution in [2.45, 2.75) is 92.4 Å². The topological polar surface area (TPSA) is 8.17 Å². The Labute approximate surface area is 333 Å². The van der Waals surface area contributed by atoms with Crippen molar-refractivity contribution >= 4 is 49.6 Å². The Kier molecular flexibility index (Phi) is 8.02. The summed E-state index contributed by atoms with van der Waals surface area (Å²) >= 11 is 0. The molecule has 0 radical (unpaired) electrons. The molecule has 1 heterocycles. The lowest BCUT2D eigenvalue weighted by Gasteiger charge is -2.28. The summed E-state index contributed by atoms with van der Waals surface area (Å²) in [7, 11) is 0. The SMILES string of the molecule is Cc1ccc(N(c2ccc(C)c(C)c2)c2ccc3c(c2)C(C)(C)c2cc(-n4c5ccc(C(C)(C)C)cc5c5cc(C(C)(C)C)ccc54)c4ccccc4c2-3)cc1. The fourth-order valence-corrected chi connectivity index (χ4v) is 9.10. The van der Waals surface area contributed by atoms with Crippen molar-refractivity contribution in [3.05, 3.63) is 166 Å². The van der Waals surface area contributed by atoms with E-state index in [1.165, 1.54) is 99.7 Å². The van der Waals surface area contributed by atoms with Crippen LogP contribution in [0.15, 0.2) is 127 Å². The van der Waals surface area contributed by atoms with E-state index in [0.29, 0.717) is 0 Å². The van der Waals surface area contributed by atoms with E-state index in [4.69, 9.17) is 0 Å². The van der Waals surface area contributed by atoms with Crippen molar-refractivity contribution in [2.24, 2.45) is 0 Å². The largest absolute Gasteiger partial charge is 0.310 e. The smallest absolute Gasteiger partial charge is 0.0544 e. The Morgan fingerprint density at radius 3 is 1.62 bits per heavy atom. The lowest BCUT2D eigenvalue weighted by Crippen LogP contribution is -2.17. The number of anilines is 3. The molecule has 280 valence electrons. The summed E-state index contributed by atoms with van der Waals surface area (Å²) in [5, 5.41) is 5.21. The fraction of sp³-hybridized carbons (Fsp3) is 0.259. The Balaban J connectivity index is 1.28. The van der Waals surface area contributed by atoms with Gasteiger partial charge in [-0.15, -0.1) is 0 Å². The average molecular weight is 731 g/mol. The molecule has 0 atom stereocenters. The van der Waals surface area contributed by atoms with E-state index in [1.54, 1.807) is 0 Å². The van der Waals surface area contributed by atoms with Gasteiger partial charge in [0.05, 0.1) is 16.7 Å². The van der Waals surface area contributed by atoms with Gasteiger partial charge in [0, 0.05) is 38.6 Å². The minimum Gasteiger partial charge on any atom is -0.310 e. The third-order valence-electron chi connectivity index (χ3n) is 12.7.